The molecule has 2 heterocycles. The molecule has 0 amide bonds. The lowest BCUT2D eigenvalue weighted by atomic mass is 9.98. The molecule has 0 aliphatic carbocycles. The highest BCUT2D eigenvalue weighted by molar-refractivity contribution is 5.73. The van der Waals surface area contributed by atoms with Crippen molar-refractivity contribution in [2.75, 3.05) is 13.2 Å². The van der Waals surface area contributed by atoms with Crippen LogP contribution in [-0.2, 0) is 51.2 Å². The van der Waals surface area contributed by atoms with E-state index >= 15 is 0 Å². The Labute approximate surface area is 240 Å². The van der Waals surface area contributed by atoms with Gasteiger partial charge in [0.25, 0.3) is 0 Å². The predicted octanol–water partition coefficient (Wildman–Crippen LogP) is -0.747. The van der Waals surface area contributed by atoms with Crippen molar-refractivity contribution in [2.45, 2.75) is 74.6 Å². The molecule has 0 unspecified atom stereocenters. The SMILES string of the molecule is O=C(O)[C@H]1O[C@@H](OCCO[C@@H]2O[C@H](C(=O)O)[C@@H](O)[C@H](OCc3ccccc3)[C@H]2O)[C@H](O)[C@@H](OCc2ccccc2)[C@@H]1O. The summed E-state index contributed by atoms with van der Waals surface area (Å²) in [5.74, 6) is -2.99. The number of benzene rings is 2. The van der Waals surface area contributed by atoms with E-state index in [0.717, 1.165) is 11.1 Å². The fourth-order valence-corrected chi connectivity index (χ4v) is 4.61. The number of aliphatic hydroxyl groups excluding tert-OH is 4. The van der Waals surface area contributed by atoms with E-state index in [1.165, 1.54) is 0 Å². The zero-order chi connectivity index (χ0) is 30.2. The van der Waals surface area contributed by atoms with Crippen molar-refractivity contribution in [3.63, 3.8) is 0 Å². The van der Waals surface area contributed by atoms with Gasteiger partial charge >= 0.3 is 11.9 Å². The van der Waals surface area contributed by atoms with E-state index in [-0.39, 0.29) is 26.4 Å². The number of hydrogen-bond donors (Lipinski definition) is 6. The number of aliphatic carboxylic acids is 2. The molecular formula is C28H34O14. The third-order valence-electron chi connectivity index (χ3n) is 6.79. The number of ether oxygens (including phenoxy) is 6. The molecule has 2 saturated heterocycles. The van der Waals surface area contributed by atoms with Crippen LogP contribution in [0.4, 0.5) is 0 Å². The molecule has 4 rings (SSSR count). The maximum atomic E-state index is 11.7. The monoisotopic (exact) mass is 594 g/mol. The quantitative estimate of drug-likeness (QED) is 0.158. The summed E-state index contributed by atoms with van der Waals surface area (Å²) in [6, 6.07) is 17.7. The summed E-state index contributed by atoms with van der Waals surface area (Å²) in [7, 11) is 0. The first-order valence-corrected chi connectivity index (χ1v) is 13.2. The smallest absolute Gasteiger partial charge is 0.335 e. The number of carboxylic acids is 2. The first kappa shape index (κ1) is 31.9. The number of carbonyl (C=O) groups is 2. The van der Waals surface area contributed by atoms with Gasteiger partial charge in [-0.3, -0.25) is 0 Å². The lowest BCUT2D eigenvalue weighted by Gasteiger charge is -2.41. The van der Waals surface area contributed by atoms with Crippen LogP contribution in [0.5, 0.6) is 0 Å². The molecule has 2 aromatic rings. The fraction of sp³-hybridized carbons (Fsp3) is 0.500. The Morgan fingerprint density at radius 2 is 0.929 bits per heavy atom. The van der Waals surface area contributed by atoms with Crippen molar-refractivity contribution < 1.29 is 68.6 Å². The van der Waals surface area contributed by atoms with Crippen molar-refractivity contribution in [3.05, 3.63) is 71.8 Å². The molecule has 2 fully saturated rings. The highest BCUT2D eigenvalue weighted by atomic mass is 16.7. The minimum Gasteiger partial charge on any atom is -0.479 e. The average Bonchev–Trinajstić information content (AvgIpc) is 2.97. The number of rotatable bonds is 13. The standard InChI is InChI=1S/C28H34O14/c29-17-21(39-13-15-7-3-1-4-8-15)19(31)27(41-23(17)25(33)34)37-11-12-38-28-20(32)22(18(30)24(42-28)26(35)36)40-14-16-9-5-2-6-10-16/h1-10,17-24,27-32H,11-14H2,(H,33,34)(H,35,36)/t17-,18-,19+,20+,21-,22-,23-,24-,27+,28+/m0/s1. The van der Waals surface area contributed by atoms with Gasteiger partial charge in [-0.2, -0.15) is 0 Å². The molecule has 230 valence electrons. The Balaban J connectivity index is 1.33. The van der Waals surface area contributed by atoms with Crippen LogP contribution in [0.1, 0.15) is 11.1 Å². The summed E-state index contributed by atoms with van der Waals surface area (Å²) >= 11 is 0. The molecule has 0 bridgehead atoms. The molecule has 10 atom stereocenters. The second kappa shape index (κ2) is 14.9. The zero-order valence-electron chi connectivity index (χ0n) is 22.3. The van der Waals surface area contributed by atoms with Crippen molar-refractivity contribution in [1.29, 1.82) is 0 Å². The maximum absolute atomic E-state index is 11.7. The number of aliphatic hydroxyl groups is 4. The van der Waals surface area contributed by atoms with E-state index in [4.69, 9.17) is 28.4 Å². The first-order valence-electron chi connectivity index (χ1n) is 13.2. The lowest BCUT2D eigenvalue weighted by molar-refractivity contribution is -0.317. The van der Waals surface area contributed by atoms with E-state index in [0.29, 0.717) is 0 Å². The van der Waals surface area contributed by atoms with E-state index < -0.39 is 73.4 Å². The molecule has 14 heteroatoms. The summed E-state index contributed by atoms with van der Waals surface area (Å²) in [6.45, 7) is -0.721. The summed E-state index contributed by atoms with van der Waals surface area (Å²) in [5.41, 5.74) is 1.45. The molecule has 2 aromatic carbocycles. The van der Waals surface area contributed by atoms with Gasteiger partial charge in [0.2, 0.25) is 0 Å². The number of hydrogen-bond acceptors (Lipinski definition) is 12. The summed E-state index contributed by atoms with van der Waals surface area (Å²) < 4.78 is 32.7. The fourth-order valence-electron chi connectivity index (χ4n) is 4.61. The molecule has 42 heavy (non-hydrogen) atoms. The Morgan fingerprint density at radius 3 is 1.26 bits per heavy atom. The third-order valence-corrected chi connectivity index (χ3v) is 6.79. The second-order valence-electron chi connectivity index (χ2n) is 9.75. The van der Waals surface area contributed by atoms with Crippen LogP contribution in [0.15, 0.2) is 60.7 Å². The molecule has 0 spiro atoms. The van der Waals surface area contributed by atoms with Crippen molar-refractivity contribution in [1.82, 2.24) is 0 Å². The second-order valence-corrected chi connectivity index (χ2v) is 9.75. The van der Waals surface area contributed by atoms with Gasteiger partial charge in [-0.25, -0.2) is 9.59 Å². The average molecular weight is 595 g/mol. The molecule has 2 aliphatic rings. The lowest BCUT2D eigenvalue weighted by Crippen LogP contribution is -2.61. The van der Waals surface area contributed by atoms with Gasteiger partial charge in [0, 0.05) is 0 Å². The minimum absolute atomic E-state index is 0.0250. The summed E-state index contributed by atoms with van der Waals surface area (Å²) in [6.07, 6.45) is -15.9. The summed E-state index contributed by atoms with van der Waals surface area (Å²) in [4.78, 5) is 23.3. The topological polar surface area (TPSA) is 211 Å². The van der Waals surface area contributed by atoms with Gasteiger partial charge in [-0.1, -0.05) is 60.7 Å². The van der Waals surface area contributed by atoms with Gasteiger partial charge in [0.15, 0.2) is 24.8 Å². The van der Waals surface area contributed by atoms with Crippen LogP contribution in [0, 0.1) is 0 Å². The van der Waals surface area contributed by atoms with Gasteiger partial charge in [-0.15, -0.1) is 0 Å². The van der Waals surface area contributed by atoms with Crippen molar-refractivity contribution in [3.8, 4) is 0 Å². The summed E-state index contributed by atoms with van der Waals surface area (Å²) in [5, 5.41) is 61.4. The van der Waals surface area contributed by atoms with Crippen molar-refractivity contribution >= 4 is 11.9 Å². The van der Waals surface area contributed by atoms with E-state index in [1.807, 2.05) is 0 Å². The van der Waals surface area contributed by atoms with Crippen LogP contribution in [0.3, 0.4) is 0 Å². The van der Waals surface area contributed by atoms with Crippen LogP contribution in [0.25, 0.3) is 0 Å². The molecule has 2 aliphatic heterocycles. The molecular weight excluding hydrogens is 560 g/mol. The van der Waals surface area contributed by atoms with E-state index in [9.17, 15) is 40.2 Å². The Kier molecular flexibility index (Phi) is 11.3. The van der Waals surface area contributed by atoms with Crippen LogP contribution in [-0.4, -0.2) is 117 Å². The van der Waals surface area contributed by atoms with E-state index in [2.05, 4.69) is 0 Å². The minimum atomic E-state index is -1.76. The van der Waals surface area contributed by atoms with Gasteiger partial charge < -0.3 is 59.1 Å². The predicted molar refractivity (Wildman–Crippen MR) is 139 cm³/mol. The van der Waals surface area contributed by atoms with Crippen molar-refractivity contribution in [2.24, 2.45) is 0 Å². The molecule has 0 saturated carbocycles. The van der Waals surface area contributed by atoms with Crippen LogP contribution < -0.4 is 0 Å². The van der Waals surface area contributed by atoms with Crippen LogP contribution in [0.2, 0.25) is 0 Å². The van der Waals surface area contributed by atoms with E-state index in [1.54, 1.807) is 60.7 Å². The first-order chi connectivity index (χ1) is 20.2. The Hall–Kier alpha value is -3.02. The molecule has 6 N–H and O–H groups in total. The van der Waals surface area contributed by atoms with Crippen LogP contribution >= 0.6 is 0 Å². The molecule has 0 radical (unpaired) electrons. The highest BCUT2D eigenvalue weighted by Gasteiger charge is 2.50. The third kappa shape index (κ3) is 7.87. The van der Waals surface area contributed by atoms with Gasteiger partial charge in [0.1, 0.15) is 36.6 Å². The van der Waals surface area contributed by atoms with Gasteiger partial charge in [-0.05, 0) is 11.1 Å². The number of carboxylic acid groups (broad SMARTS) is 2. The largest absolute Gasteiger partial charge is 0.479 e. The highest BCUT2D eigenvalue weighted by Crippen LogP contribution is 2.27. The Morgan fingerprint density at radius 1 is 0.571 bits per heavy atom. The normalized spacial score (nSPS) is 33.2. The molecule has 14 nitrogen and oxygen atoms in total. The zero-order valence-corrected chi connectivity index (χ0v) is 22.3. The van der Waals surface area contributed by atoms with Gasteiger partial charge in [0.05, 0.1) is 26.4 Å². The Bertz CT molecular complexity index is 1040. The molecule has 0 aromatic heterocycles. The maximum Gasteiger partial charge on any atom is 0.335 e.